The smallest absolute Gasteiger partial charge is 0.163 e. The van der Waals surface area contributed by atoms with Crippen LogP contribution in [0.15, 0.2) is 41.1 Å². The average Bonchev–Trinajstić information content (AvgIpc) is 3.26. The first-order valence-electron chi connectivity index (χ1n) is 10.0. The van der Waals surface area contributed by atoms with Crippen molar-refractivity contribution in [2.75, 3.05) is 38.7 Å². The standard InChI is InChI=1S/C22H24BrFN4O2/c1-29-20-12-16-19(13-21(20)30-10-4-9-28-7-2-3-8-28)25-14-26-22(16)27-18-6-5-15(23)11-17(18)24/h5-6,11-14H,2-4,7-10H2,1H3,(H,25,26,27). The van der Waals surface area contributed by atoms with E-state index in [0.717, 1.165) is 18.4 Å². The van der Waals surface area contributed by atoms with Crippen molar-refractivity contribution in [2.45, 2.75) is 19.3 Å². The number of hydrogen-bond donors (Lipinski definition) is 1. The molecule has 0 atom stereocenters. The molecule has 1 aliphatic heterocycles. The minimum atomic E-state index is -0.374. The molecule has 30 heavy (non-hydrogen) atoms. The van der Waals surface area contributed by atoms with Gasteiger partial charge < -0.3 is 19.7 Å². The lowest BCUT2D eigenvalue weighted by molar-refractivity contribution is 0.254. The fraction of sp³-hybridized carbons (Fsp3) is 0.364. The van der Waals surface area contributed by atoms with Crippen molar-refractivity contribution < 1.29 is 13.9 Å². The number of hydrogen-bond acceptors (Lipinski definition) is 6. The van der Waals surface area contributed by atoms with Crippen LogP contribution in [-0.4, -0.2) is 48.2 Å². The normalized spacial score (nSPS) is 14.2. The number of fused-ring (bicyclic) bond motifs is 1. The van der Waals surface area contributed by atoms with Crippen molar-refractivity contribution >= 4 is 38.3 Å². The second-order valence-electron chi connectivity index (χ2n) is 7.24. The lowest BCUT2D eigenvalue weighted by Gasteiger charge is -2.16. The lowest BCUT2D eigenvalue weighted by Crippen LogP contribution is -2.21. The first-order chi connectivity index (χ1) is 14.6. The van der Waals surface area contributed by atoms with Crippen LogP contribution in [-0.2, 0) is 0 Å². The molecule has 0 aliphatic carbocycles. The van der Waals surface area contributed by atoms with Gasteiger partial charge in [0.2, 0.25) is 0 Å². The largest absolute Gasteiger partial charge is 0.493 e. The van der Waals surface area contributed by atoms with Gasteiger partial charge in [-0.1, -0.05) is 15.9 Å². The third kappa shape index (κ3) is 4.82. The highest BCUT2D eigenvalue weighted by molar-refractivity contribution is 9.10. The van der Waals surface area contributed by atoms with E-state index in [1.165, 1.54) is 38.3 Å². The Hall–Kier alpha value is -2.45. The zero-order chi connectivity index (χ0) is 20.9. The van der Waals surface area contributed by atoms with Crippen LogP contribution in [0, 0.1) is 5.82 Å². The number of rotatable bonds is 8. The Bertz CT molecular complexity index is 1030. The van der Waals surface area contributed by atoms with Crippen LogP contribution in [0.2, 0.25) is 0 Å². The van der Waals surface area contributed by atoms with Crippen molar-refractivity contribution in [3.8, 4) is 11.5 Å². The minimum absolute atomic E-state index is 0.333. The van der Waals surface area contributed by atoms with E-state index in [1.54, 1.807) is 19.2 Å². The number of halogens is 2. The first kappa shape index (κ1) is 20.8. The maximum atomic E-state index is 14.2. The summed E-state index contributed by atoms with van der Waals surface area (Å²) in [6.45, 7) is 4.03. The Morgan fingerprint density at radius 3 is 2.73 bits per heavy atom. The first-order valence-corrected chi connectivity index (χ1v) is 10.8. The molecular formula is C22H24BrFN4O2. The van der Waals surface area contributed by atoms with Crippen LogP contribution >= 0.6 is 15.9 Å². The molecular weight excluding hydrogens is 451 g/mol. The molecule has 8 heteroatoms. The maximum Gasteiger partial charge on any atom is 0.163 e. The monoisotopic (exact) mass is 474 g/mol. The molecule has 0 radical (unpaired) electrons. The predicted octanol–water partition coefficient (Wildman–Crippen LogP) is 5.15. The van der Waals surface area contributed by atoms with Gasteiger partial charge in [0, 0.05) is 22.5 Å². The molecule has 0 amide bonds. The molecule has 1 fully saturated rings. The van der Waals surface area contributed by atoms with Crippen molar-refractivity contribution in [2.24, 2.45) is 0 Å². The van der Waals surface area contributed by atoms with Crippen molar-refractivity contribution in [1.82, 2.24) is 14.9 Å². The molecule has 1 N–H and O–H groups in total. The number of nitrogens with zero attached hydrogens (tertiary/aromatic N) is 3. The van der Waals surface area contributed by atoms with Gasteiger partial charge in [-0.3, -0.25) is 0 Å². The van der Waals surface area contributed by atoms with E-state index in [1.807, 2.05) is 12.1 Å². The third-order valence-corrected chi connectivity index (χ3v) is 5.67. The summed E-state index contributed by atoms with van der Waals surface area (Å²) in [5.74, 6) is 1.37. The molecule has 0 saturated carbocycles. The van der Waals surface area contributed by atoms with E-state index in [-0.39, 0.29) is 5.82 Å². The quantitative estimate of drug-likeness (QED) is 0.455. The Labute approximate surface area is 183 Å². The summed E-state index contributed by atoms with van der Waals surface area (Å²) in [6.07, 6.45) is 4.99. The molecule has 2 heterocycles. The fourth-order valence-corrected chi connectivity index (χ4v) is 3.96. The summed E-state index contributed by atoms with van der Waals surface area (Å²) >= 11 is 3.27. The van der Waals surface area contributed by atoms with Gasteiger partial charge in [0.25, 0.3) is 0 Å². The summed E-state index contributed by atoms with van der Waals surface area (Å²) in [7, 11) is 1.60. The van der Waals surface area contributed by atoms with Crippen LogP contribution in [0.1, 0.15) is 19.3 Å². The van der Waals surface area contributed by atoms with Crippen molar-refractivity contribution in [1.29, 1.82) is 0 Å². The second-order valence-corrected chi connectivity index (χ2v) is 8.16. The highest BCUT2D eigenvalue weighted by atomic mass is 79.9. The zero-order valence-corrected chi connectivity index (χ0v) is 18.4. The second kappa shape index (κ2) is 9.57. The number of nitrogens with one attached hydrogen (secondary N) is 1. The molecule has 0 unspecified atom stereocenters. The van der Waals surface area contributed by atoms with Gasteiger partial charge >= 0.3 is 0 Å². The summed E-state index contributed by atoms with van der Waals surface area (Å²) in [5.41, 5.74) is 1.03. The van der Waals surface area contributed by atoms with E-state index in [2.05, 4.69) is 36.1 Å². The highest BCUT2D eigenvalue weighted by Crippen LogP contribution is 2.35. The van der Waals surface area contributed by atoms with Gasteiger partial charge in [0.05, 0.1) is 24.9 Å². The number of anilines is 2. The summed E-state index contributed by atoms with van der Waals surface area (Å²) in [5, 5.41) is 3.77. The Morgan fingerprint density at radius 1 is 1.13 bits per heavy atom. The van der Waals surface area contributed by atoms with E-state index < -0.39 is 0 Å². The molecule has 158 valence electrons. The van der Waals surface area contributed by atoms with Gasteiger partial charge in [0.15, 0.2) is 11.5 Å². The SMILES string of the molecule is COc1cc2c(Nc3ccc(Br)cc3F)ncnc2cc1OCCCN1CCCC1. The van der Waals surface area contributed by atoms with Gasteiger partial charge in [-0.15, -0.1) is 0 Å². The van der Waals surface area contributed by atoms with Crippen LogP contribution < -0.4 is 14.8 Å². The van der Waals surface area contributed by atoms with Gasteiger partial charge in [-0.25, -0.2) is 14.4 Å². The zero-order valence-electron chi connectivity index (χ0n) is 16.8. The summed E-state index contributed by atoms with van der Waals surface area (Å²) in [6, 6.07) is 8.49. The number of methoxy groups -OCH3 is 1. The molecule has 0 spiro atoms. The molecule has 1 aromatic heterocycles. The Balaban J connectivity index is 1.52. The Morgan fingerprint density at radius 2 is 1.97 bits per heavy atom. The topological polar surface area (TPSA) is 59.5 Å². The number of ether oxygens (including phenoxy) is 2. The summed E-state index contributed by atoms with van der Waals surface area (Å²) < 4.78 is 26.4. The van der Waals surface area contributed by atoms with Gasteiger partial charge in [-0.05, 0) is 56.6 Å². The lowest BCUT2D eigenvalue weighted by atomic mass is 10.2. The Kier molecular flexibility index (Phi) is 6.64. The molecule has 6 nitrogen and oxygen atoms in total. The van der Waals surface area contributed by atoms with Crippen molar-refractivity contribution in [3.63, 3.8) is 0 Å². The van der Waals surface area contributed by atoms with Crippen LogP contribution in [0.5, 0.6) is 11.5 Å². The molecule has 1 aliphatic rings. The average molecular weight is 475 g/mol. The minimum Gasteiger partial charge on any atom is -0.493 e. The van der Waals surface area contributed by atoms with E-state index in [0.29, 0.717) is 39.6 Å². The van der Waals surface area contributed by atoms with Gasteiger partial charge in [0.1, 0.15) is 18.0 Å². The van der Waals surface area contributed by atoms with E-state index >= 15 is 0 Å². The molecule has 2 aromatic carbocycles. The van der Waals surface area contributed by atoms with Crippen LogP contribution in [0.3, 0.4) is 0 Å². The van der Waals surface area contributed by atoms with Crippen LogP contribution in [0.25, 0.3) is 10.9 Å². The van der Waals surface area contributed by atoms with E-state index in [4.69, 9.17) is 9.47 Å². The third-order valence-electron chi connectivity index (χ3n) is 5.18. The highest BCUT2D eigenvalue weighted by Gasteiger charge is 2.14. The van der Waals surface area contributed by atoms with Crippen LogP contribution in [0.4, 0.5) is 15.9 Å². The predicted molar refractivity (Wildman–Crippen MR) is 119 cm³/mol. The molecule has 3 aromatic rings. The fourth-order valence-electron chi connectivity index (χ4n) is 3.63. The maximum absolute atomic E-state index is 14.2. The molecule has 1 saturated heterocycles. The molecule has 4 rings (SSSR count). The number of aromatic nitrogens is 2. The molecule has 0 bridgehead atoms. The van der Waals surface area contributed by atoms with E-state index in [9.17, 15) is 4.39 Å². The number of benzene rings is 2. The summed E-state index contributed by atoms with van der Waals surface area (Å²) in [4.78, 5) is 11.1. The van der Waals surface area contributed by atoms with Crippen molar-refractivity contribution in [3.05, 3.63) is 46.9 Å². The number of likely N-dealkylation sites (tertiary alicyclic amines) is 1. The van der Waals surface area contributed by atoms with Gasteiger partial charge in [-0.2, -0.15) is 0 Å².